The average Bonchev–Trinajstić information content (AvgIpc) is 3.08. The molecule has 42 heavy (non-hydrogen) atoms. The van der Waals surface area contributed by atoms with Crippen LogP contribution in [-0.2, 0) is 20.0 Å². The van der Waals surface area contributed by atoms with Gasteiger partial charge in [-0.25, -0.2) is 0 Å². The Kier molecular flexibility index (Phi) is 12.5. The quantitative estimate of drug-likeness (QED) is 0.136. The number of halogens is 2. The normalized spacial score (nSPS) is 10.9. The molecule has 0 saturated carbocycles. The summed E-state index contributed by atoms with van der Waals surface area (Å²) in [5.41, 5.74) is 0. The summed E-state index contributed by atoms with van der Waals surface area (Å²) in [6.07, 6.45) is 0. The molecule has 212 valence electrons. The summed E-state index contributed by atoms with van der Waals surface area (Å²) in [5.74, 6) is 0. The van der Waals surface area contributed by atoms with E-state index >= 15 is 0 Å². The van der Waals surface area contributed by atoms with E-state index in [0.29, 0.717) is 0 Å². The van der Waals surface area contributed by atoms with Gasteiger partial charge in [0.05, 0.1) is 0 Å². The van der Waals surface area contributed by atoms with Crippen molar-refractivity contribution in [1.82, 2.24) is 0 Å². The average molecular weight is 1000 g/mol. The van der Waals surface area contributed by atoms with Crippen molar-refractivity contribution in [3.05, 3.63) is 170 Å². The summed E-state index contributed by atoms with van der Waals surface area (Å²) in [4.78, 5) is 0. The minimum atomic E-state index is -2.93. The molecular formula is C36H30AuBiCl2P2+2. The van der Waals surface area contributed by atoms with Crippen molar-refractivity contribution in [3.8, 4) is 0 Å². The summed E-state index contributed by atoms with van der Waals surface area (Å²) in [6, 6.07) is 62.1. The molecule has 0 aromatic heterocycles. The van der Waals surface area contributed by atoms with Gasteiger partial charge in [0.25, 0.3) is 0 Å². The monoisotopic (exact) mass is 1000 g/mol. The second-order valence-electron chi connectivity index (χ2n) is 9.53. The van der Waals surface area contributed by atoms with Crippen LogP contribution in [0.25, 0.3) is 0 Å². The molecule has 0 aliphatic rings. The minimum absolute atomic E-state index is 1.22. The number of hydrogen-bond donors (Lipinski definition) is 0. The standard InChI is InChI=1S/2C18H14P.Au.Bi.2ClH/c2*1-4-10-16(11-5-1)19(17-12-6-2-7-13-17)18-14-8-3-9-15-18;;;;/h2*1-14H;;;2*1H/q;;2*+1;;. The Morgan fingerprint density at radius 1 is 0.357 bits per heavy atom. The second kappa shape index (κ2) is 16.5. The molecule has 0 saturated heterocycles. The summed E-state index contributed by atoms with van der Waals surface area (Å²) in [7, 11) is 9.96. The first-order valence-corrected chi connectivity index (χ1v) is 27.0. The molecule has 6 heteroatoms. The van der Waals surface area contributed by atoms with Gasteiger partial charge in [-0.15, -0.1) is 0 Å². The first-order valence-electron chi connectivity index (χ1n) is 13.5. The van der Waals surface area contributed by atoms with E-state index in [1.807, 2.05) is 0 Å². The van der Waals surface area contributed by atoms with Gasteiger partial charge in [0.2, 0.25) is 0 Å². The fourth-order valence-corrected chi connectivity index (χ4v) is 23.8. The first-order chi connectivity index (χ1) is 20.8. The van der Waals surface area contributed by atoms with Crippen LogP contribution in [0.3, 0.4) is 0 Å². The molecule has 6 aromatic carbocycles. The third-order valence-electron chi connectivity index (χ3n) is 7.02. The molecule has 0 atom stereocenters. The molecule has 0 spiro atoms. The van der Waals surface area contributed by atoms with Gasteiger partial charge in [0, 0.05) is 0 Å². The maximum atomic E-state index is 7.82. The fraction of sp³-hybridized carbons (Fsp3) is 0. The zero-order valence-corrected chi connectivity index (χ0v) is 31.8. The van der Waals surface area contributed by atoms with Gasteiger partial charge < -0.3 is 0 Å². The van der Waals surface area contributed by atoms with Crippen molar-refractivity contribution in [1.29, 1.82) is 0 Å². The van der Waals surface area contributed by atoms with Crippen LogP contribution in [0.4, 0.5) is 0 Å². The van der Waals surface area contributed by atoms with E-state index in [0.717, 1.165) is 0 Å². The number of hydrogen-bond acceptors (Lipinski definition) is 0. The van der Waals surface area contributed by atoms with E-state index < -0.39 is 36.4 Å². The van der Waals surface area contributed by atoms with Crippen LogP contribution in [0.5, 0.6) is 0 Å². The van der Waals surface area contributed by atoms with Crippen molar-refractivity contribution >= 4 is 92.5 Å². The van der Waals surface area contributed by atoms with Gasteiger partial charge in [-0.2, -0.15) is 0 Å². The van der Waals surface area contributed by atoms with Crippen molar-refractivity contribution < 1.29 is 20.0 Å². The van der Waals surface area contributed by atoms with Gasteiger partial charge in [0.1, 0.15) is 0 Å². The molecule has 6 rings (SSSR count). The number of rotatable bonds is 8. The molecule has 0 unspecified atom stereocenters. The van der Waals surface area contributed by atoms with E-state index in [-0.39, 0.29) is 0 Å². The SMILES string of the molecule is [Cl][Au].[Cl][Bi]([c]1ccccc1[PH+](c1ccccc1)c1ccccc1)[c]1ccccc1[PH+](c1ccccc1)c1ccccc1. The third-order valence-corrected chi connectivity index (χ3v) is 23.8. The fourth-order valence-electron chi connectivity index (χ4n) is 5.22. The maximum absolute atomic E-state index is 7.82. The zero-order chi connectivity index (χ0) is 29.1. The van der Waals surface area contributed by atoms with Crippen molar-refractivity contribution in [3.63, 3.8) is 0 Å². The van der Waals surface area contributed by atoms with Crippen molar-refractivity contribution in [2.75, 3.05) is 0 Å². The van der Waals surface area contributed by atoms with E-state index in [1.54, 1.807) is 20.0 Å². The van der Waals surface area contributed by atoms with Crippen molar-refractivity contribution in [2.45, 2.75) is 0 Å². The molecule has 0 amide bonds. The Bertz CT molecular complexity index is 1470. The molecule has 0 nitrogen and oxygen atoms in total. The summed E-state index contributed by atoms with van der Waals surface area (Å²) >= 11 is -1.18. The molecule has 0 N–H and O–H groups in total. The molecule has 0 fully saturated rings. The Balaban J connectivity index is 0.00000173. The molecular weight excluding hydrogens is 971 g/mol. The number of benzene rings is 6. The van der Waals surface area contributed by atoms with Crippen LogP contribution >= 0.6 is 33.5 Å². The van der Waals surface area contributed by atoms with E-state index in [9.17, 15) is 0 Å². The Labute approximate surface area is 279 Å². The molecule has 6 aromatic rings. The third kappa shape index (κ3) is 7.53. The van der Waals surface area contributed by atoms with Crippen LogP contribution in [0, 0.1) is 0 Å². The first kappa shape index (κ1) is 31.8. The molecule has 0 radical (unpaired) electrons. The van der Waals surface area contributed by atoms with Gasteiger partial charge in [-0.1, -0.05) is 0 Å². The molecule has 0 aliphatic heterocycles. The van der Waals surface area contributed by atoms with Crippen LogP contribution in [0.15, 0.2) is 170 Å². The summed E-state index contributed by atoms with van der Waals surface area (Å²) in [6.45, 7) is 0. The van der Waals surface area contributed by atoms with Gasteiger partial charge in [0.15, 0.2) is 0 Å². The van der Waals surface area contributed by atoms with Crippen LogP contribution in [-0.4, -0.2) is 20.6 Å². The Morgan fingerprint density at radius 3 is 0.881 bits per heavy atom. The topological polar surface area (TPSA) is 0 Å². The van der Waals surface area contributed by atoms with Crippen LogP contribution in [0.1, 0.15) is 0 Å². The van der Waals surface area contributed by atoms with Crippen LogP contribution in [0.2, 0.25) is 0 Å². The van der Waals surface area contributed by atoms with Crippen molar-refractivity contribution in [2.24, 2.45) is 0 Å². The molecule has 0 aliphatic carbocycles. The van der Waals surface area contributed by atoms with E-state index in [2.05, 4.69) is 179 Å². The Hall–Kier alpha value is -1.62. The summed E-state index contributed by atoms with van der Waals surface area (Å²) in [5, 5.41) is 8.44. The Morgan fingerprint density at radius 2 is 0.595 bits per heavy atom. The second-order valence-corrected chi connectivity index (χ2v) is 23.3. The van der Waals surface area contributed by atoms with Crippen LogP contribution < -0.4 is 38.4 Å². The summed E-state index contributed by atoms with van der Waals surface area (Å²) < 4.78 is 2.80. The van der Waals surface area contributed by atoms with Gasteiger partial charge in [-0.05, 0) is 0 Å². The predicted molar refractivity (Wildman–Crippen MR) is 190 cm³/mol. The van der Waals surface area contributed by atoms with Gasteiger partial charge in [-0.3, -0.25) is 0 Å². The molecule has 0 bridgehead atoms. The zero-order valence-electron chi connectivity index (χ0n) is 22.7. The van der Waals surface area contributed by atoms with E-state index in [4.69, 9.17) is 8.51 Å². The molecule has 0 heterocycles. The predicted octanol–water partition coefficient (Wildman–Crippen LogP) is 5.70. The van der Waals surface area contributed by atoms with Gasteiger partial charge >= 0.3 is 282 Å². The van der Waals surface area contributed by atoms with E-state index in [1.165, 1.54) is 38.4 Å².